The van der Waals surface area contributed by atoms with Crippen molar-refractivity contribution < 1.29 is 81.6 Å². The lowest BCUT2D eigenvalue weighted by molar-refractivity contribution is -0.149. The summed E-state index contributed by atoms with van der Waals surface area (Å²) in [6.07, 6.45) is 5.79. The summed E-state index contributed by atoms with van der Waals surface area (Å²) in [5.41, 5.74) is 15.8. The molecule has 5 fully saturated rings. The van der Waals surface area contributed by atoms with Crippen LogP contribution in [0.3, 0.4) is 0 Å². The number of hydrogen-bond acceptors (Lipinski definition) is 18. The Hall–Kier alpha value is -10.8. The number of amides is 5. The number of benzene rings is 6. The summed E-state index contributed by atoms with van der Waals surface area (Å²) < 4.78 is 67.3. The zero-order valence-corrected chi connectivity index (χ0v) is 58.9. The second kappa shape index (κ2) is 32.3. The maximum absolute atomic E-state index is 15.1. The van der Waals surface area contributed by atoms with E-state index in [2.05, 4.69) is 21.8 Å². The highest BCUT2D eigenvalue weighted by Gasteiger charge is 2.66. The van der Waals surface area contributed by atoms with Crippen LogP contribution in [0.5, 0.6) is 17.2 Å². The Balaban J connectivity index is 0.000000149. The molecule has 0 radical (unpaired) electrons. The van der Waals surface area contributed by atoms with Crippen LogP contribution in [0.25, 0.3) is 32.7 Å². The average Bonchev–Trinajstić information content (AvgIpc) is 1.58. The Bertz CT molecular complexity index is 4820. The lowest BCUT2D eigenvalue weighted by atomic mass is 9.91. The minimum absolute atomic E-state index is 0.0882. The van der Waals surface area contributed by atoms with Crippen LogP contribution in [0.15, 0.2) is 146 Å². The van der Waals surface area contributed by atoms with Crippen molar-refractivity contribution in [2.45, 2.75) is 117 Å². The standard InChI is InChI=1S/C28H30FN3O5.C27H28FN3O5.C25H26FN3O4/c1-2-19-12-18(21-5-3-4-6-24(21)30-19)16-37-25-8-7-17(11-23(25)29)13-28(14-22(28)26(34)31-36)27(35)32-10-9-20(33)15-32;1-35-26(33)27(15-20(27)25(32)30-34)14-17-8-9-23(21(28)12-17)36-16-18-13-24(31-10-4-5-11-31)29-22-7-3-2-6-19(18)22;1-2-5-17-11-16(18-6-3-4-7-21(18)28-17)14-33-22-9-8-15(10-20(22)26)12-25(24(27)31)13-19(25)23(30)29-32/h3-8,11-12,20,22,33,36H,2,9-10,13-16H2,1H3,(H,31,34);2-3,6-9,12-13,20,34H,4-5,10-11,14-16H2,1H3,(H,30,32);3-4,6-11,19,32H,2,5,12-14H2,1H3,(H2,27,31)(H,29,30)/t20-,22+,28-;20-,27+;19-,25+/m011/s1. The maximum atomic E-state index is 15.1. The highest BCUT2D eigenvalue weighted by molar-refractivity contribution is 5.97. The van der Waals surface area contributed by atoms with Gasteiger partial charge in [-0.2, -0.15) is 0 Å². The van der Waals surface area contributed by atoms with Gasteiger partial charge >= 0.3 is 5.97 Å². The quantitative estimate of drug-likeness (QED) is 0.0150. The minimum atomic E-state index is -1.12. The number of esters is 1. The van der Waals surface area contributed by atoms with Gasteiger partial charge in [-0.05, 0) is 160 Å². The van der Waals surface area contributed by atoms with Gasteiger partial charge in [0.25, 0.3) is 0 Å². The number of ether oxygens (including phenoxy) is 4. The number of fused-ring (bicyclic) bond motifs is 3. The van der Waals surface area contributed by atoms with Crippen molar-refractivity contribution in [3.63, 3.8) is 0 Å². The van der Waals surface area contributed by atoms with Gasteiger partial charge in [0.15, 0.2) is 34.7 Å². The van der Waals surface area contributed by atoms with E-state index in [1.165, 1.54) is 43.5 Å². The van der Waals surface area contributed by atoms with Crippen molar-refractivity contribution in [3.8, 4) is 17.2 Å². The highest BCUT2D eigenvalue weighted by Crippen LogP contribution is 2.58. The van der Waals surface area contributed by atoms with E-state index in [1.807, 2.05) is 97.9 Å². The number of β-amino-alcohol motifs (C(OH)–C–C–N with tert-alkyl or cyclic N) is 1. The van der Waals surface area contributed by atoms with Crippen LogP contribution in [0.1, 0.15) is 104 Å². The van der Waals surface area contributed by atoms with Gasteiger partial charge in [-0.15, -0.1) is 0 Å². The molecule has 3 aliphatic carbocycles. The molecular weight excluding hydrogens is 1370 g/mol. The summed E-state index contributed by atoms with van der Waals surface area (Å²) in [4.78, 5) is 91.3. The van der Waals surface area contributed by atoms with E-state index in [0.717, 1.165) is 112 Å². The third-order valence-electron chi connectivity index (χ3n) is 21.0. The van der Waals surface area contributed by atoms with Crippen LogP contribution in [0.2, 0.25) is 0 Å². The van der Waals surface area contributed by atoms with Gasteiger partial charge in [-0.3, -0.25) is 54.4 Å². The number of nitrogens with one attached hydrogen (secondary N) is 3. The summed E-state index contributed by atoms with van der Waals surface area (Å²) in [7, 11) is 1.24. The number of carbonyl (C=O) groups is 6. The topological polar surface area (TPSA) is 328 Å². The van der Waals surface area contributed by atoms with Crippen LogP contribution < -0.4 is 41.3 Å². The number of hydrogen-bond donors (Lipinski definition) is 8. The number of halogens is 3. The van der Waals surface area contributed by atoms with E-state index in [0.29, 0.717) is 29.7 Å². The van der Waals surface area contributed by atoms with Gasteiger partial charge in [0.05, 0.1) is 63.8 Å². The molecule has 0 spiro atoms. The van der Waals surface area contributed by atoms with Gasteiger partial charge in [-0.1, -0.05) is 93.1 Å². The van der Waals surface area contributed by atoms with Crippen LogP contribution in [-0.2, 0) is 85.4 Å². The third kappa shape index (κ3) is 16.2. The molecule has 3 saturated carbocycles. The summed E-state index contributed by atoms with van der Waals surface area (Å²) in [6.45, 7) is 7.18. The fourth-order valence-corrected chi connectivity index (χ4v) is 14.9. The Labute approximate surface area is 609 Å². The van der Waals surface area contributed by atoms with Crippen LogP contribution >= 0.6 is 0 Å². The molecule has 5 aliphatic rings. The number of carbonyl (C=O) groups excluding carboxylic acids is 6. The molecule has 554 valence electrons. The average molecular weight is 1450 g/mol. The molecule has 5 amide bonds. The van der Waals surface area contributed by atoms with Crippen molar-refractivity contribution >= 4 is 74.0 Å². The molecule has 23 nitrogen and oxygen atoms in total. The van der Waals surface area contributed by atoms with E-state index >= 15 is 8.78 Å². The molecule has 5 heterocycles. The molecule has 3 aromatic heterocycles. The van der Waals surface area contributed by atoms with Crippen molar-refractivity contribution in [2.24, 2.45) is 39.7 Å². The second-order valence-electron chi connectivity index (χ2n) is 27.9. The predicted octanol–water partition coefficient (Wildman–Crippen LogP) is 10.4. The SMILES string of the molecule is CCCc1cc(COc2ccc(C[C@]3(C(N)=O)C[C@@H]3C(=O)NO)cc2F)c2ccccc2n1.CCc1cc(COc2ccc(C[C@]3(C(=O)N4CC[C@H](O)C4)C[C@@H]3C(=O)NO)cc2F)c2ccccc2n1.COC(=O)[C@@]1(Cc2ccc(OCc3cc(N4CCCC4)nc4ccccc34)c(F)c2)C[C@@H]1C(=O)NO. The van der Waals surface area contributed by atoms with Gasteiger partial charge in [-0.25, -0.2) is 34.6 Å². The first-order valence-electron chi connectivity index (χ1n) is 35.5. The molecule has 0 unspecified atom stereocenters. The number of primary amides is 1. The van der Waals surface area contributed by atoms with Crippen molar-refractivity contribution in [3.05, 3.63) is 208 Å². The van der Waals surface area contributed by atoms with E-state index in [-0.39, 0.29) is 88.0 Å². The molecule has 2 aliphatic heterocycles. The number of methoxy groups -OCH3 is 1. The Morgan fingerprint density at radius 3 is 1.40 bits per heavy atom. The summed E-state index contributed by atoms with van der Waals surface area (Å²) in [6, 6.07) is 42.9. The number of aromatic nitrogens is 3. The molecule has 26 heteroatoms. The Morgan fingerprint density at radius 2 is 0.953 bits per heavy atom. The first kappa shape index (κ1) is 74.9. The smallest absolute Gasteiger partial charge is 0.312 e. The normalized spacial score (nSPS) is 21.0. The second-order valence-corrected chi connectivity index (χ2v) is 27.9. The van der Waals surface area contributed by atoms with Gasteiger partial charge < -0.3 is 39.6 Å². The number of hydroxylamine groups is 3. The molecule has 2 saturated heterocycles. The molecular formula is C80H84F3N9O14. The largest absolute Gasteiger partial charge is 0.486 e. The van der Waals surface area contributed by atoms with Crippen LogP contribution in [0, 0.1) is 51.5 Å². The monoisotopic (exact) mass is 1450 g/mol. The number of rotatable bonds is 25. The number of aliphatic hydroxyl groups excluding tert-OH is 1. The zero-order valence-electron chi connectivity index (χ0n) is 58.9. The van der Waals surface area contributed by atoms with Crippen molar-refractivity contribution in [1.82, 2.24) is 36.3 Å². The maximum Gasteiger partial charge on any atom is 0.312 e. The first-order chi connectivity index (χ1) is 51.2. The number of likely N-dealkylation sites (tertiary alicyclic amines) is 1. The van der Waals surface area contributed by atoms with E-state index < -0.39 is 87.2 Å². The minimum Gasteiger partial charge on any atom is -0.486 e. The highest BCUT2D eigenvalue weighted by atomic mass is 19.1. The number of pyridine rings is 3. The number of aliphatic hydroxyl groups is 1. The predicted molar refractivity (Wildman–Crippen MR) is 383 cm³/mol. The lowest BCUT2D eigenvalue weighted by Crippen LogP contribution is -2.40. The molecule has 106 heavy (non-hydrogen) atoms. The fourth-order valence-electron chi connectivity index (χ4n) is 14.9. The lowest BCUT2D eigenvalue weighted by Gasteiger charge is -2.24. The number of para-hydroxylation sites is 3. The van der Waals surface area contributed by atoms with Gasteiger partial charge in [0, 0.05) is 70.4 Å². The molecule has 7 atom stereocenters. The summed E-state index contributed by atoms with van der Waals surface area (Å²) >= 11 is 0. The summed E-state index contributed by atoms with van der Waals surface area (Å²) in [5, 5.41) is 39.6. The van der Waals surface area contributed by atoms with E-state index in [4.69, 9.17) is 45.3 Å². The number of aryl methyl sites for hydroxylation is 2. The van der Waals surface area contributed by atoms with E-state index in [9.17, 15) is 38.3 Å². The molecule has 14 rings (SSSR count). The summed E-state index contributed by atoms with van der Waals surface area (Å²) in [5.74, 6) is -6.10. The van der Waals surface area contributed by atoms with Crippen molar-refractivity contribution in [2.75, 3.05) is 38.2 Å². The molecule has 9 aromatic rings. The Morgan fingerprint density at radius 1 is 0.538 bits per heavy atom. The number of nitrogens with two attached hydrogens (primary N) is 1. The molecule has 0 bridgehead atoms. The first-order valence-corrected chi connectivity index (χ1v) is 35.5. The fraction of sp³-hybridized carbons (Fsp3) is 0.362. The van der Waals surface area contributed by atoms with Gasteiger partial charge in [0.2, 0.25) is 29.5 Å². The zero-order chi connectivity index (χ0) is 75.0. The number of nitrogens with zero attached hydrogens (tertiary/aromatic N) is 5. The molecule has 9 N–H and O–H groups in total. The van der Waals surface area contributed by atoms with E-state index in [1.54, 1.807) is 39.5 Å². The van der Waals surface area contributed by atoms with Crippen molar-refractivity contribution in [1.29, 1.82) is 0 Å². The van der Waals surface area contributed by atoms with Crippen LogP contribution in [0.4, 0.5) is 19.0 Å². The third-order valence-corrected chi connectivity index (χ3v) is 21.0. The number of anilines is 1. The molecule has 6 aromatic carbocycles. The van der Waals surface area contributed by atoms with Gasteiger partial charge in [0.1, 0.15) is 25.6 Å². The van der Waals surface area contributed by atoms with Crippen LogP contribution in [-0.4, -0.2) is 115 Å². The Kier molecular flexibility index (Phi) is 22.8.